The monoisotopic (exact) mass is 286 g/mol. The molecule has 6 heteroatoms. The van der Waals surface area contributed by atoms with Crippen molar-refractivity contribution in [3.63, 3.8) is 0 Å². The first-order valence-electron chi connectivity index (χ1n) is 6.08. The lowest BCUT2D eigenvalue weighted by atomic mass is 10.1. The van der Waals surface area contributed by atoms with E-state index in [0.29, 0.717) is 30.3 Å². The zero-order chi connectivity index (χ0) is 14.0. The molecule has 2 N–H and O–H groups in total. The second-order valence-corrected chi connectivity index (χ2v) is 5.04. The molecule has 0 saturated carbocycles. The van der Waals surface area contributed by atoms with Gasteiger partial charge in [-0.05, 0) is 30.7 Å². The highest BCUT2D eigenvalue weighted by molar-refractivity contribution is 6.31. The number of ether oxygens (including phenoxy) is 1. The van der Waals surface area contributed by atoms with E-state index in [2.05, 4.69) is 0 Å². The first kappa shape index (κ1) is 14.2. The predicted molar refractivity (Wildman–Crippen MR) is 70.2 cm³/mol. The van der Waals surface area contributed by atoms with E-state index in [1.165, 1.54) is 18.2 Å². The maximum Gasteiger partial charge on any atom is 0.237 e. The summed E-state index contributed by atoms with van der Waals surface area (Å²) in [5.41, 5.74) is 6.04. The molecule has 1 aliphatic rings. The molecule has 0 bridgehead atoms. The molecule has 19 heavy (non-hydrogen) atoms. The number of carbonyl (C=O) groups excluding carboxylic acids is 1. The van der Waals surface area contributed by atoms with Gasteiger partial charge in [-0.1, -0.05) is 11.6 Å². The van der Waals surface area contributed by atoms with Crippen LogP contribution in [0.3, 0.4) is 0 Å². The number of nitrogens with zero attached hydrogens (tertiary/aromatic N) is 1. The van der Waals surface area contributed by atoms with Crippen molar-refractivity contribution in [2.45, 2.75) is 25.6 Å². The van der Waals surface area contributed by atoms with Crippen LogP contribution in [0.4, 0.5) is 4.39 Å². The third kappa shape index (κ3) is 3.23. The molecule has 1 aliphatic heterocycles. The summed E-state index contributed by atoms with van der Waals surface area (Å²) >= 11 is 6.04. The van der Waals surface area contributed by atoms with Crippen molar-refractivity contribution >= 4 is 17.5 Å². The van der Waals surface area contributed by atoms with Gasteiger partial charge >= 0.3 is 0 Å². The fourth-order valence-electron chi connectivity index (χ4n) is 2.35. The third-order valence-corrected chi connectivity index (χ3v) is 3.64. The van der Waals surface area contributed by atoms with E-state index in [9.17, 15) is 9.18 Å². The first-order valence-corrected chi connectivity index (χ1v) is 6.45. The van der Waals surface area contributed by atoms with E-state index >= 15 is 0 Å². The van der Waals surface area contributed by atoms with Crippen LogP contribution in [0.5, 0.6) is 0 Å². The Hall–Kier alpha value is -1.17. The summed E-state index contributed by atoms with van der Waals surface area (Å²) in [7, 11) is 0. The Morgan fingerprint density at radius 2 is 2.37 bits per heavy atom. The second kappa shape index (κ2) is 5.86. The number of hydrogen-bond acceptors (Lipinski definition) is 3. The number of halogens is 2. The van der Waals surface area contributed by atoms with Crippen molar-refractivity contribution in [2.24, 2.45) is 5.73 Å². The van der Waals surface area contributed by atoms with Crippen molar-refractivity contribution < 1.29 is 13.9 Å². The van der Waals surface area contributed by atoms with Gasteiger partial charge in [-0.15, -0.1) is 0 Å². The largest absolute Gasteiger partial charge is 0.375 e. The minimum atomic E-state index is -0.520. The van der Waals surface area contributed by atoms with Crippen LogP contribution >= 0.6 is 11.6 Å². The van der Waals surface area contributed by atoms with E-state index in [4.69, 9.17) is 22.1 Å². The van der Waals surface area contributed by atoms with Crippen LogP contribution < -0.4 is 5.73 Å². The van der Waals surface area contributed by atoms with Crippen molar-refractivity contribution in [2.75, 3.05) is 13.2 Å². The normalized spacial score (nSPS) is 24.4. The van der Waals surface area contributed by atoms with Crippen LogP contribution in [-0.4, -0.2) is 36.1 Å². The molecular formula is C13H16ClFN2O2. The lowest BCUT2D eigenvalue weighted by molar-refractivity contribution is -0.136. The molecule has 1 fully saturated rings. The van der Waals surface area contributed by atoms with Gasteiger partial charge in [0.25, 0.3) is 0 Å². The molecule has 1 heterocycles. The van der Waals surface area contributed by atoms with E-state index in [-0.39, 0.29) is 11.9 Å². The number of benzene rings is 1. The van der Waals surface area contributed by atoms with Gasteiger partial charge in [0.2, 0.25) is 5.91 Å². The van der Waals surface area contributed by atoms with Crippen molar-refractivity contribution in [1.82, 2.24) is 4.90 Å². The van der Waals surface area contributed by atoms with Gasteiger partial charge in [0.15, 0.2) is 0 Å². The average molecular weight is 287 g/mol. The van der Waals surface area contributed by atoms with Crippen molar-refractivity contribution in [3.8, 4) is 0 Å². The van der Waals surface area contributed by atoms with Crippen molar-refractivity contribution in [3.05, 3.63) is 34.6 Å². The zero-order valence-corrected chi connectivity index (χ0v) is 11.4. The van der Waals surface area contributed by atoms with Crippen LogP contribution in [0.15, 0.2) is 18.2 Å². The molecule has 1 aromatic rings. The summed E-state index contributed by atoms with van der Waals surface area (Å²) in [5.74, 6) is -0.795. The Balaban J connectivity index is 2.20. The molecule has 1 saturated heterocycles. The quantitative estimate of drug-likeness (QED) is 0.917. The maximum absolute atomic E-state index is 13.2. The van der Waals surface area contributed by atoms with E-state index in [1.54, 1.807) is 6.92 Å². The SMILES string of the molecule is C[C@H]1OCCN(Cc2cc(F)ccc2Cl)[C@@H]1C(N)=O. The molecule has 1 aromatic carbocycles. The van der Waals surface area contributed by atoms with Gasteiger partial charge in [0.1, 0.15) is 11.9 Å². The zero-order valence-electron chi connectivity index (χ0n) is 10.6. The number of nitrogens with two attached hydrogens (primary N) is 1. The van der Waals surface area contributed by atoms with E-state index in [0.717, 1.165) is 0 Å². The summed E-state index contributed by atoms with van der Waals surface area (Å²) < 4.78 is 18.7. The van der Waals surface area contributed by atoms with Crippen LogP contribution in [0.25, 0.3) is 0 Å². The molecule has 0 aromatic heterocycles. The Kier molecular flexibility index (Phi) is 4.39. The molecular weight excluding hydrogens is 271 g/mol. The summed E-state index contributed by atoms with van der Waals surface area (Å²) in [4.78, 5) is 13.4. The lowest BCUT2D eigenvalue weighted by Gasteiger charge is -2.38. The first-order chi connectivity index (χ1) is 8.99. The highest BCUT2D eigenvalue weighted by Gasteiger charge is 2.33. The van der Waals surface area contributed by atoms with E-state index < -0.39 is 11.9 Å². The molecule has 0 unspecified atom stereocenters. The van der Waals surface area contributed by atoms with Crippen LogP contribution in [-0.2, 0) is 16.1 Å². The summed E-state index contributed by atoms with van der Waals surface area (Å²) in [6.45, 7) is 3.25. The summed E-state index contributed by atoms with van der Waals surface area (Å²) in [5, 5.41) is 0.476. The van der Waals surface area contributed by atoms with E-state index in [1.807, 2.05) is 4.90 Å². The lowest BCUT2D eigenvalue weighted by Crippen LogP contribution is -2.56. The maximum atomic E-state index is 13.2. The molecule has 2 rings (SSSR count). The Bertz CT molecular complexity index is 484. The second-order valence-electron chi connectivity index (χ2n) is 4.63. The number of rotatable bonds is 3. The van der Waals surface area contributed by atoms with Gasteiger partial charge in [-0.2, -0.15) is 0 Å². The highest BCUT2D eigenvalue weighted by Crippen LogP contribution is 2.22. The van der Waals surface area contributed by atoms with Crippen molar-refractivity contribution in [1.29, 1.82) is 0 Å². The molecule has 2 atom stereocenters. The summed E-state index contributed by atoms with van der Waals surface area (Å²) in [6, 6.07) is 3.67. The fraction of sp³-hybridized carbons (Fsp3) is 0.462. The number of hydrogen-bond donors (Lipinski definition) is 1. The third-order valence-electron chi connectivity index (χ3n) is 3.27. The Morgan fingerprint density at radius 1 is 1.63 bits per heavy atom. The number of morpholine rings is 1. The molecule has 4 nitrogen and oxygen atoms in total. The Morgan fingerprint density at radius 3 is 3.05 bits per heavy atom. The van der Waals surface area contributed by atoms with Gasteiger partial charge < -0.3 is 10.5 Å². The minimum Gasteiger partial charge on any atom is -0.375 e. The average Bonchev–Trinajstić information content (AvgIpc) is 2.33. The smallest absolute Gasteiger partial charge is 0.237 e. The molecule has 1 amide bonds. The van der Waals surface area contributed by atoms with Gasteiger partial charge in [-0.3, -0.25) is 9.69 Å². The number of carbonyl (C=O) groups is 1. The summed E-state index contributed by atoms with van der Waals surface area (Å²) in [6.07, 6.45) is -0.279. The molecule has 0 spiro atoms. The minimum absolute atomic E-state index is 0.279. The van der Waals surface area contributed by atoms with Gasteiger partial charge in [0, 0.05) is 18.1 Å². The van der Waals surface area contributed by atoms with Crippen LogP contribution in [0, 0.1) is 5.82 Å². The van der Waals surface area contributed by atoms with Gasteiger partial charge in [0.05, 0.1) is 12.7 Å². The molecule has 104 valence electrons. The van der Waals surface area contributed by atoms with Crippen LogP contribution in [0.1, 0.15) is 12.5 Å². The predicted octanol–water partition coefficient (Wildman–Crippen LogP) is 1.55. The van der Waals surface area contributed by atoms with Crippen LogP contribution in [0.2, 0.25) is 5.02 Å². The fourth-order valence-corrected chi connectivity index (χ4v) is 2.53. The standard InChI is InChI=1S/C13H16ClFN2O2/c1-8-12(13(16)18)17(4-5-19-8)7-9-6-10(15)2-3-11(9)14/h2-3,6,8,12H,4-5,7H2,1H3,(H2,16,18)/t8-,12+/m1/s1. The molecule has 0 aliphatic carbocycles. The highest BCUT2D eigenvalue weighted by atomic mass is 35.5. The van der Waals surface area contributed by atoms with Gasteiger partial charge in [-0.25, -0.2) is 4.39 Å². The molecule has 0 radical (unpaired) electrons. The number of amides is 1. The number of primary amides is 1. The Labute approximate surface area is 116 Å². The topological polar surface area (TPSA) is 55.6 Å².